The average molecular weight is 409 g/mol. The van der Waals surface area contributed by atoms with E-state index in [1.54, 1.807) is 10.7 Å². The number of carbonyl (C=O) groups is 1. The molecule has 5 rings (SSSR count). The topological polar surface area (TPSA) is 85.8 Å². The number of pyridine rings is 1. The normalized spacial score (nSPS) is 11.0. The van der Waals surface area contributed by atoms with E-state index in [9.17, 15) is 4.79 Å². The molecule has 0 atom stereocenters. The molecule has 152 valence electrons. The highest BCUT2D eigenvalue weighted by Gasteiger charge is 2.23. The van der Waals surface area contributed by atoms with Gasteiger partial charge in [0.1, 0.15) is 5.69 Å². The fourth-order valence-electron chi connectivity index (χ4n) is 3.63. The van der Waals surface area contributed by atoms with Gasteiger partial charge in [-0.15, -0.1) is 0 Å². The van der Waals surface area contributed by atoms with Crippen LogP contribution in [0.4, 0.5) is 5.69 Å². The first-order valence-corrected chi connectivity index (χ1v) is 9.83. The number of para-hydroxylation sites is 1. The van der Waals surface area contributed by atoms with E-state index in [1.807, 2.05) is 80.8 Å². The predicted octanol–water partition coefficient (Wildman–Crippen LogP) is 4.85. The summed E-state index contributed by atoms with van der Waals surface area (Å²) in [5, 5.41) is 12.2. The maximum Gasteiger partial charge on any atom is 0.259 e. The zero-order valence-electron chi connectivity index (χ0n) is 17.0. The number of aryl methyl sites for hydroxylation is 2. The first-order chi connectivity index (χ1) is 15.1. The van der Waals surface area contributed by atoms with Crippen molar-refractivity contribution in [2.24, 2.45) is 7.05 Å². The number of aromatic nitrogens is 4. The third kappa shape index (κ3) is 3.46. The Morgan fingerprint density at radius 3 is 2.42 bits per heavy atom. The van der Waals surface area contributed by atoms with Crippen LogP contribution in [0.25, 0.3) is 33.6 Å². The van der Waals surface area contributed by atoms with Crippen LogP contribution in [-0.4, -0.2) is 25.8 Å². The van der Waals surface area contributed by atoms with Gasteiger partial charge < -0.3 is 9.84 Å². The number of carbonyl (C=O) groups excluding carboxylic acids is 1. The van der Waals surface area contributed by atoms with Gasteiger partial charge in [-0.1, -0.05) is 53.7 Å². The second-order valence-electron chi connectivity index (χ2n) is 7.25. The van der Waals surface area contributed by atoms with Gasteiger partial charge in [-0.25, -0.2) is 4.98 Å². The minimum Gasteiger partial charge on any atom is -0.335 e. The van der Waals surface area contributed by atoms with Crippen LogP contribution in [0.2, 0.25) is 0 Å². The molecule has 3 heterocycles. The smallest absolute Gasteiger partial charge is 0.259 e. The van der Waals surface area contributed by atoms with E-state index >= 15 is 0 Å². The van der Waals surface area contributed by atoms with Crippen molar-refractivity contribution < 1.29 is 9.32 Å². The zero-order chi connectivity index (χ0) is 21.4. The Bertz CT molecular complexity index is 1390. The van der Waals surface area contributed by atoms with Gasteiger partial charge >= 0.3 is 0 Å². The second kappa shape index (κ2) is 7.53. The van der Waals surface area contributed by atoms with E-state index in [0.29, 0.717) is 33.7 Å². The highest BCUT2D eigenvalue weighted by atomic mass is 16.5. The van der Waals surface area contributed by atoms with Gasteiger partial charge in [0.05, 0.1) is 22.3 Å². The first kappa shape index (κ1) is 18.7. The van der Waals surface area contributed by atoms with Gasteiger partial charge in [0, 0.05) is 30.1 Å². The molecule has 0 aliphatic rings. The fourth-order valence-corrected chi connectivity index (χ4v) is 3.63. The molecule has 0 saturated heterocycles. The monoisotopic (exact) mass is 409 g/mol. The fraction of sp³-hybridized carbons (Fsp3) is 0.0833. The lowest BCUT2D eigenvalue weighted by molar-refractivity contribution is 0.102. The molecule has 0 unspecified atom stereocenters. The molecule has 0 radical (unpaired) electrons. The van der Waals surface area contributed by atoms with Gasteiger partial charge in [0.2, 0.25) is 0 Å². The third-order valence-electron chi connectivity index (χ3n) is 5.06. The van der Waals surface area contributed by atoms with Gasteiger partial charge in [-0.2, -0.15) is 5.10 Å². The lowest BCUT2D eigenvalue weighted by Crippen LogP contribution is -2.13. The summed E-state index contributed by atoms with van der Waals surface area (Å²) in [5.74, 6) is -0.262. The lowest BCUT2D eigenvalue weighted by Gasteiger charge is -2.08. The Balaban J connectivity index is 1.71. The van der Waals surface area contributed by atoms with Crippen molar-refractivity contribution in [1.82, 2.24) is 19.9 Å². The van der Waals surface area contributed by atoms with E-state index in [1.165, 1.54) is 0 Å². The predicted molar refractivity (Wildman–Crippen MR) is 119 cm³/mol. The highest BCUT2D eigenvalue weighted by molar-refractivity contribution is 6.15. The number of nitrogens with zero attached hydrogens (tertiary/aromatic N) is 4. The standard InChI is InChI=1S/C24H19N5O2/c1-15-19(14-29(2)27-15)20-13-18(23(30)25-17-11-7-4-8-12-17)21-22(28-31-24(21)26-20)16-9-5-3-6-10-16/h3-14H,1-2H3,(H,25,30). The van der Waals surface area contributed by atoms with E-state index in [2.05, 4.69) is 20.6 Å². The summed E-state index contributed by atoms with van der Waals surface area (Å²) in [4.78, 5) is 18.0. The van der Waals surface area contributed by atoms with Crippen LogP contribution in [0.1, 0.15) is 16.1 Å². The number of hydrogen-bond acceptors (Lipinski definition) is 5. The maximum absolute atomic E-state index is 13.4. The van der Waals surface area contributed by atoms with E-state index in [-0.39, 0.29) is 5.91 Å². The molecule has 3 aromatic heterocycles. The van der Waals surface area contributed by atoms with Crippen molar-refractivity contribution in [2.45, 2.75) is 6.92 Å². The van der Waals surface area contributed by atoms with Gasteiger partial charge in [0.15, 0.2) is 0 Å². The third-order valence-corrected chi connectivity index (χ3v) is 5.06. The van der Waals surface area contributed by atoms with Crippen molar-refractivity contribution in [3.05, 3.63) is 84.2 Å². The molecule has 0 spiro atoms. The number of anilines is 1. The van der Waals surface area contributed by atoms with Crippen LogP contribution < -0.4 is 5.32 Å². The van der Waals surface area contributed by atoms with E-state index < -0.39 is 0 Å². The van der Waals surface area contributed by atoms with Crippen LogP contribution >= 0.6 is 0 Å². The minimum absolute atomic E-state index is 0.262. The SMILES string of the molecule is Cc1nn(C)cc1-c1cc(C(=O)Nc2ccccc2)c2c(-c3ccccc3)noc2n1. The second-order valence-corrected chi connectivity index (χ2v) is 7.25. The molecule has 1 amide bonds. The highest BCUT2D eigenvalue weighted by Crippen LogP contribution is 2.33. The Kier molecular flexibility index (Phi) is 4.55. The number of fused-ring (bicyclic) bond motifs is 1. The molecule has 7 nitrogen and oxygen atoms in total. The molecule has 5 aromatic rings. The number of benzene rings is 2. The van der Waals surface area contributed by atoms with Crippen LogP contribution in [0.5, 0.6) is 0 Å². The summed E-state index contributed by atoms with van der Waals surface area (Å²) in [6, 6.07) is 20.7. The molecule has 2 aromatic carbocycles. The van der Waals surface area contributed by atoms with Gasteiger partial charge in [-0.3, -0.25) is 9.48 Å². The summed E-state index contributed by atoms with van der Waals surface area (Å²) >= 11 is 0. The summed E-state index contributed by atoms with van der Waals surface area (Å²) in [5.41, 5.74) is 5.12. The van der Waals surface area contributed by atoms with Gasteiger partial charge in [-0.05, 0) is 25.1 Å². The van der Waals surface area contributed by atoms with Gasteiger partial charge in [0.25, 0.3) is 11.6 Å². The van der Waals surface area contributed by atoms with Crippen molar-refractivity contribution in [2.75, 3.05) is 5.32 Å². The van der Waals surface area contributed by atoms with Crippen LogP contribution in [-0.2, 0) is 7.05 Å². The quantitative estimate of drug-likeness (QED) is 0.459. The average Bonchev–Trinajstić information content (AvgIpc) is 3.36. The molecule has 0 aliphatic heterocycles. The molecule has 0 fully saturated rings. The molecule has 31 heavy (non-hydrogen) atoms. The summed E-state index contributed by atoms with van der Waals surface area (Å²) < 4.78 is 7.30. The minimum atomic E-state index is -0.262. The molecule has 0 bridgehead atoms. The molecule has 7 heteroatoms. The van der Waals surface area contributed by atoms with E-state index in [4.69, 9.17) is 4.52 Å². The molecule has 0 saturated carbocycles. The zero-order valence-corrected chi connectivity index (χ0v) is 17.0. The van der Waals surface area contributed by atoms with Crippen molar-refractivity contribution in [3.8, 4) is 22.5 Å². The molecular weight excluding hydrogens is 390 g/mol. The summed E-state index contributed by atoms with van der Waals surface area (Å²) in [6.07, 6.45) is 1.87. The van der Waals surface area contributed by atoms with Crippen molar-refractivity contribution in [1.29, 1.82) is 0 Å². The number of hydrogen-bond donors (Lipinski definition) is 1. The Labute approximate surface area is 178 Å². The molecular formula is C24H19N5O2. The Morgan fingerprint density at radius 1 is 1.03 bits per heavy atom. The Hall–Kier alpha value is -4.26. The number of amides is 1. The van der Waals surface area contributed by atoms with Crippen LogP contribution in [0.3, 0.4) is 0 Å². The molecule has 1 N–H and O–H groups in total. The summed E-state index contributed by atoms with van der Waals surface area (Å²) in [6.45, 7) is 1.90. The number of nitrogens with one attached hydrogen (secondary N) is 1. The largest absolute Gasteiger partial charge is 0.335 e. The maximum atomic E-state index is 13.4. The first-order valence-electron chi connectivity index (χ1n) is 9.83. The van der Waals surface area contributed by atoms with Crippen molar-refractivity contribution >= 4 is 22.7 Å². The van der Waals surface area contributed by atoms with E-state index in [0.717, 1.165) is 16.8 Å². The van der Waals surface area contributed by atoms with Crippen molar-refractivity contribution in [3.63, 3.8) is 0 Å². The molecule has 0 aliphatic carbocycles. The lowest BCUT2D eigenvalue weighted by atomic mass is 10.0. The number of rotatable bonds is 4. The Morgan fingerprint density at radius 2 is 1.74 bits per heavy atom. The van der Waals surface area contributed by atoms with Crippen LogP contribution in [0, 0.1) is 6.92 Å². The summed E-state index contributed by atoms with van der Waals surface area (Å²) in [7, 11) is 1.85. The van der Waals surface area contributed by atoms with Crippen LogP contribution in [0.15, 0.2) is 77.4 Å².